The first-order chi connectivity index (χ1) is 2.89. The third-order valence-corrected chi connectivity index (χ3v) is 1.08. The van der Waals surface area contributed by atoms with Crippen LogP contribution < -0.4 is 28.8 Å². The van der Waals surface area contributed by atoms with Crippen molar-refractivity contribution in [2.45, 2.75) is 0 Å². The zero-order chi connectivity index (χ0) is 4.41. The molecular weight excluding hydrogens is 181 g/mol. The molecule has 0 aliphatic carbocycles. The number of aromatic nitrogens is 1. The predicted molar refractivity (Wildman–Crippen MR) is 20.4 cm³/mol. The minimum absolute atomic E-state index is 0. The van der Waals surface area contributed by atoms with Crippen molar-refractivity contribution in [3.05, 3.63) is 18.3 Å². The monoisotopic (exact) mass is 184 g/mol. The van der Waals surface area contributed by atoms with Crippen LogP contribution in [0.3, 0.4) is 0 Å². The average molecular weight is 185 g/mol. The Labute approximate surface area is 72.5 Å². The van der Waals surface area contributed by atoms with Gasteiger partial charge in [-0.2, -0.15) is 0 Å². The number of rotatable bonds is 0. The molecule has 1 nitrogen and oxygen atoms in total. The van der Waals surface area contributed by atoms with Crippen LogP contribution >= 0.6 is 0 Å². The van der Waals surface area contributed by atoms with Gasteiger partial charge in [-0.25, -0.2) is 0 Å². The summed E-state index contributed by atoms with van der Waals surface area (Å²) in [5.74, 6) is 0. The first-order valence-corrected chi connectivity index (χ1v) is 2.52. The van der Waals surface area contributed by atoms with E-state index >= 15 is 0 Å². The summed E-state index contributed by atoms with van der Waals surface area (Å²) in [5, 5.41) is 0. The number of H-pyrrole nitrogens is 1. The number of hydrogen-bond acceptors (Lipinski definition) is 0. The molecule has 0 aromatic carbocycles. The van der Waals surface area contributed by atoms with Gasteiger partial charge in [0, 0.05) is 0 Å². The van der Waals surface area contributed by atoms with Crippen molar-refractivity contribution in [3.8, 4) is 0 Å². The van der Waals surface area contributed by atoms with Crippen LogP contribution in [0.25, 0.3) is 0 Å². The van der Waals surface area contributed by atoms with E-state index in [2.05, 4.69) is 4.98 Å². The normalized spacial score (nSPS) is 6.75. The van der Waals surface area contributed by atoms with Gasteiger partial charge < -0.3 is 24.8 Å². The second kappa shape index (κ2) is 5.71. The van der Waals surface area contributed by atoms with Crippen molar-refractivity contribution in [2.24, 2.45) is 0 Å². The summed E-state index contributed by atoms with van der Waals surface area (Å²) in [6.45, 7) is 0. The van der Waals surface area contributed by atoms with Gasteiger partial charge in [0.25, 0.3) is 0 Å². The maximum absolute atomic E-state index is 3.00. The van der Waals surface area contributed by atoms with Gasteiger partial charge in [-0.05, 0) is 0 Å². The molecule has 0 fully saturated rings. The Balaban J connectivity index is 0. The molecule has 0 amide bonds. The first-order valence-electron chi connectivity index (χ1n) is 1.74. The Morgan fingerprint density at radius 3 is 2.12 bits per heavy atom. The Bertz CT molecular complexity index is 118. The maximum atomic E-state index is 3.00. The quantitative estimate of drug-likeness (QED) is 0.387. The van der Waals surface area contributed by atoms with Crippen LogP contribution in [0.1, 0.15) is 0 Å². The summed E-state index contributed by atoms with van der Waals surface area (Å²) in [5.41, 5.74) is 0. The summed E-state index contributed by atoms with van der Waals surface area (Å²) in [6.07, 6.45) is 1.91. The Morgan fingerprint density at radius 2 is 2.00 bits per heavy atom. The number of aromatic amines is 1. The number of hydrogen-bond donors (Lipinski definition) is 1. The van der Waals surface area contributed by atoms with Crippen LogP contribution in [0.2, 0.25) is 0 Å². The second-order valence-corrected chi connectivity index (χ2v) is 1.92. The van der Waals surface area contributed by atoms with Crippen LogP contribution in [0.15, 0.2) is 18.3 Å². The van der Waals surface area contributed by atoms with E-state index in [1.807, 2.05) is 38.8 Å². The molecule has 1 rings (SSSR count). The molecule has 4 heteroatoms. The van der Waals surface area contributed by atoms with Crippen molar-refractivity contribution < 1.29 is 45.2 Å². The third-order valence-electron chi connectivity index (χ3n) is 0.598. The second-order valence-electron chi connectivity index (χ2n) is 1.08. The van der Waals surface area contributed by atoms with E-state index in [0.29, 0.717) is 0 Å². The van der Waals surface area contributed by atoms with Crippen LogP contribution in [-0.4, -0.2) is 4.98 Å². The molecule has 0 aliphatic rings. The molecule has 0 saturated carbocycles. The van der Waals surface area contributed by atoms with Gasteiger partial charge in [-0.3, -0.25) is 0 Å². The van der Waals surface area contributed by atoms with Gasteiger partial charge in [-0.15, -0.1) is 0 Å². The molecule has 1 heterocycles. The van der Waals surface area contributed by atoms with Crippen molar-refractivity contribution in [2.75, 3.05) is 0 Å². The van der Waals surface area contributed by atoms with E-state index in [1.165, 1.54) is 4.00 Å². The van der Waals surface area contributed by atoms with Crippen molar-refractivity contribution in [1.82, 2.24) is 4.98 Å². The molecule has 0 unspecified atom stereocenters. The SMILES string of the molecule is [Cl-].[Cl-].[Ti+2][c]1ccc[nH]1. The number of halogens is 2. The summed E-state index contributed by atoms with van der Waals surface area (Å²) in [6, 6.07) is 4.01. The molecule has 1 aromatic rings. The molecule has 0 radical (unpaired) electrons. The topological polar surface area (TPSA) is 15.8 Å². The third kappa shape index (κ3) is 3.56. The minimum atomic E-state index is 0. The van der Waals surface area contributed by atoms with Gasteiger partial charge in [0.05, 0.1) is 0 Å². The van der Waals surface area contributed by atoms with Gasteiger partial charge in [-0.1, -0.05) is 0 Å². The van der Waals surface area contributed by atoms with Crippen LogP contribution in [0.4, 0.5) is 0 Å². The summed E-state index contributed by atoms with van der Waals surface area (Å²) in [7, 11) is 0. The van der Waals surface area contributed by atoms with Gasteiger partial charge in [0.15, 0.2) is 0 Å². The number of nitrogens with one attached hydrogen (secondary N) is 1. The molecule has 43 valence electrons. The Kier molecular flexibility index (Phi) is 8.12. The van der Waals surface area contributed by atoms with Crippen LogP contribution in [0, 0.1) is 0 Å². The van der Waals surface area contributed by atoms with Gasteiger partial charge in [0.1, 0.15) is 0 Å². The molecule has 1 N–H and O–H groups in total. The van der Waals surface area contributed by atoms with Gasteiger partial charge >= 0.3 is 47.7 Å². The standard InChI is InChI=1S/C4H4N.2ClH.Ti/c1-2-4-5-3-1;;;/h1-3,5H;2*1H;/q;;;+2/p-2. The Morgan fingerprint density at radius 1 is 1.38 bits per heavy atom. The molecule has 0 bridgehead atoms. The van der Waals surface area contributed by atoms with Crippen LogP contribution in [0.5, 0.6) is 0 Å². The van der Waals surface area contributed by atoms with E-state index in [0.717, 1.165) is 0 Å². The molecule has 0 atom stereocenters. The summed E-state index contributed by atoms with van der Waals surface area (Å²) < 4.78 is 1.22. The fourth-order valence-electron chi connectivity index (χ4n) is 0.330. The summed E-state index contributed by atoms with van der Waals surface area (Å²) >= 11 is 2.03. The van der Waals surface area contributed by atoms with Crippen molar-refractivity contribution in [3.63, 3.8) is 0 Å². The average Bonchev–Trinajstić information content (AvgIpc) is 1.86. The molecular formula is C4H4Cl2NTi. The van der Waals surface area contributed by atoms with Gasteiger partial charge in [0.2, 0.25) is 0 Å². The van der Waals surface area contributed by atoms with Crippen LogP contribution in [-0.2, 0) is 20.4 Å². The molecule has 8 heavy (non-hydrogen) atoms. The first kappa shape index (κ1) is 11.4. The van der Waals surface area contributed by atoms with E-state index < -0.39 is 0 Å². The fourth-order valence-corrected chi connectivity index (χ4v) is 0.611. The molecule has 0 spiro atoms. The van der Waals surface area contributed by atoms with E-state index in [9.17, 15) is 0 Å². The fraction of sp³-hybridized carbons (Fsp3) is 0. The van der Waals surface area contributed by atoms with Crippen molar-refractivity contribution >= 4 is 4.00 Å². The molecule has 0 saturated heterocycles. The van der Waals surface area contributed by atoms with E-state index in [1.54, 1.807) is 0 Å². The van der Waals surface area contributed by atoms with Crippen molar-refractivity contribution in [1.29, 1.82) is 0 Å². The Hall–Kier alpha value is 0.574. The molecule has 0 aliphatic heterocycles. The molecule has 1 aromatic heterocycles. The predicted octanol–water partition coefficient (Wildman–Crippen LogP) is -5.81. The summed E-state index contributed by atoms with van der Waals surface area (Å²) in [4.78, 5) is 3.00. The zero-order valence-corrected chi connectivity index (χ0v) is 7.06. The van der Waals surface area contributed by atoms with E-state index in [4.69, 9.17) is 0 Å². The van der Waals surface area contributed by atoms with E-state index in [-0.39, 0.29) is 24.8 Å². The zero-order valence-electron chi connectivity index (χ0n) is 3.99.